The minimum absolute atomic E-state index is 0.0958. The number of nitrogens with one attached hydrogen (secondary N) is 2. The van der Waals surface area contributed by atoms with E-state index in [0.717, 1.165) is 11.1 Å². The first-order chi connectivity index (χ1) is 13.5. The fourth-order valence-electron chi connectivity index (χ4n) is 2.71. The molecule has 0 aliphatic rings. The lowest BCUT2D eigenvalue weighted by Crippen LogP contribution is -2.30. The highest BCUT2D eigenvalue weighted by atomic mass is 32.2. The molecule has 1 unspecified atom stereocenters. The summed E-state index contributed by atoms with van der Waals surface area (Å²) in [6.45, 7) is 8.68. The smallest absolute Gasteiger partial charge is 0.338 e. The van der Waals surface area contributed by atoms with Crippen LogP contribution in [0.5, 0.6) is 0 Å². The summed E-state index contributed by atoms with van der Waals surface area (Å²) in [5.41, 5.74) is 2.63. The normalized spacial score (nSPS) is 12.5. The van der Waals surface area contributed by atoms with Crippen molar-refractivity contribution in [2.75, 3.05) is 5.32 Å². The Morgan fingerprint density at radius 3 is 2.00 bits per heavy atom. The Balaban J connectivity index is 2.01. The first-order valence-electron chi connectivity index (χ1n) is 9.20. The second-order valence-electron chi connectivity index (χ2n) is 7.21. The van der Waals surface area contributed by atoms with E-state index in [9.17, 15) is 18.0 Å². The molecule has 0 saturated heterocycles. The maximum atomic E-state index is 12.3. The van der Waals surface area contributed by atoms with Crippen molar-refractivity contribution >= 4 is 27.6 Å². The van der Waals surface area contributed by atoms with Gasteiger partial charge in [-0.15, -0.1) is 0 Å². The summed E-state index contributed by atoms with van der Waals surface area (Å²) in [5, 5.41) is 2.61. The maximum Gasteiger partial charge on any atom is 0.338 e. The van der Waals surface area contributed by atoms with Crippen LogP contribution in [0.2, 0.25) is 0 Å². The van der Waals surface area contributed by atoms with Gasteiger partial charge in [-0.2, -0.15) is 0 Å². The van der Waals surface area contributed by atoms with E-state index in [1.54, 1.807) is 26.0 Å². The van der Waals surface area contributed by atoms with Crippen LogP contribution in [0.25, 0.3) is 0 Å². The predicted octanol–water partition coefficient (Wildman–Crippen LogP) is 3.17. The zero-order chi connectivity index (χ0) is 21.8. The lowest BCUT2D eigenvalue weighted by Gasteiger charge is -2.14. The average molecular weight is 419 g/mol. The number of carbonyl (C=O) groups is 2. The number of hydrogen-bond donors (Lipinski definition) is 2. The number of ether oxygens (including phenoxy) is 1. The number of sulfonamides is 1. The highest BCUT2D eigenvalue weighted by Crippen LogP contribution is 2.16. The number of carbonyl (C=O) groups excluding carboxylic acids is 2. The molecule has 8 heteroatoms. The third-order valence-electron chi connectivity index (χ3n) is 3.93. The van der Waals surface area contributed by atoms with Crippen LogP contribution >= 0.6 is 0 Å². The van der Waals surface area contributed by atoms with Gasteiger partial charge in [0.2, 0.25) is 10.0 Å². The molecule has 1 atom stereocenters. The zero-order valence-electron chi connectivity index (χ0n) is 17.1. The van der Waals surface area contributed by atoms with E-state index in [4.69, 9.17) is 4.74 Å². The Bertz CT molecular complexity index is 978. The monoisotopic (exact) mass is 418 g/mol. The van der Waals surface area contributed by atoms with Crippen molar-refractivity contribution in [3.63, 3.8) is 0 Å². The number of rotatable bonds is 7. The van der Waals surface area contributed by atoms with Crippen molar-refractivity contribution in [1.29, 1.82) is 0 Å². The summed E-state index contributed by atoms with van der Waals surface area (Å²) in [4.78, 5) is 24.7. The van der Waals surface area contributed by atoms with Crippen molar-refractivity contribution < 1.29 is 22.7 Å². The van der Waals surface area contributed by atoms with Gasteiger partial charge in [-0.25, -0.2) is 17.9 Å². The lowest BCUT2D eigenvalue weighted by molar-refractivity contribution is -0.123. The minimum Gasteiger partial charge on any atom is -0.449 e. The van der Waals surface area contributed by atoms with E-state index in [2.05, 4.69) is 10.0 Å². The van der Waals surface area contributed by atoms with E-state index in [0.29, 0.717) is 11.3 Å². The van der Waals surface area contributed by atoms with E-state index in [1.807, 2.05) is 19.9 Å². The summed E-state index contributed by atoms with van der Waals surface area (Å²) in [6, 6.07) is 10.9. The van der Waals surface area contributed by atoms with Gasteiger partial charge < -0.3 is 10.1 Å². The van der Waals surface area contributed by atoms with Crippen LogP contribution in [0, 0.1) is 13.8 Å². The molecule has 29 heavy (non-hydrogen) atoms. The molecule has 0 aliphatic heterocycles. The van der Waals surface area contributed by atoms with Gasteiger partial charge in [-0.1, -0.05) is 17.2 Å². The van der Waals surface area contributed by atoms with Crippen LogP contribution in [0.4, 0.5) is 5.69 Å². The summed E-state index contributed by atoms with van der Waals surface area (Å²) in [5.74, 6) is -1.10. The molecule has 1 amide bonds. The number of esters is 1. The molecule has 0 radical (unpaired) electrons. The van der Waals surface area contributed by atoms with E-state index < -0.39 is 28.0 Å². The van der Waals surface area contributed by atoms with Crippen molar-refractivity contribution in [3.8, 4) is 0 Å². The third kappa shape index (κ3) is 6.40. The lowest BCUT2D eigenvalue weighted by atomic mass is 10.1. The standard InChI is InChI=1S/C21H26N2O5S/c1-13(2)23-29(26,27)19-8-6-18(7-9-19)22-20(24)16(5)28-21(25)17-11-14(3)10-15(4)12-17/h6-13,16,23H,1-5H3,(H,22,24). The fourth-order valence-corrected chi connectivity index (χ4v) is 3.97. The highest BCUT2D eigenvalue weighted by molar-refractivity contribution is 7.89. The minimum atomic E-state index is -3.61. The molecule has 2 aromatic carbocycles. The number of amides is 1. The Morgan fingerprint density at radius 1 is 0.931 bits per heavy atom. The van der Waals surface area contributed by atoms with Crippen LogP contribution in [-0.2, 0) is 19.6 Å². The number of benzene rings is 2. The van der Waals surface area contributed by atoms with E-state index in [1.165, 1.54) is 31.2 Å². The van der Waals surface area contributed by atoms with Gasteiger partial charge in [-0.3, -0.25) is 4.79 Å². The largest absolute Gasteiger partial charge is 0.449 e. The first kappa shape index (κ1) is 22.6. The molecule has 0 spiro atoms. The van der Waals surface area contributed by atoms with Gasteiger partial charge in [0.25, 0.3) is 5.91 Å². The Morgan fingerprint density at radius 2 is 1.48 bits per heavy atom. The van der Waals surface area contributed by atoms with Crippen LogP contribution in [0.1, 0.15) is 42.3 Å². The van der Waals surface area contributed by atoms with E-state index >= 15 is 0 Å². The molecule has 7 nitrogen and oxygen atoms in total. The molecule has 0 aromatic heterocycles. The van der Waals surface area contributed by atoms with Crippen LogP contribution < -0.4 is 10.0 Å². The molecule has 2 rings (SSSR count). The number of aryl methyl sites for hydroxylation is 2. The molecule has 156 valence electrons. The molecule has 0 fully saturated rings. The number of hydrogen-bond acceptors (Lipinski definition) is 5. The van der Waals surface area contributed by atoms with Crippen molar-refractivity contribution in [3.05, 3.63) is 59.2 Å². The Labute approximate surface area is 171 Å². The SMILES string of the molecule is Cc1cc(C)cc(C(=O)OC(C)C(=O)Nc2ccc(S(=O)(=O)NC(C)C)cc2)c1. The van der Waals surface area contributed by atoms with Gasteiger partial charge in [0, 0.05) is 11.7 Å². The van der Waals surface area contributed by atoms with Crippen LogP contribution in [-0.4, -0.2) is 32.4 Å². The van der Waals surface area contributed by atoms with Gasteiger partial charge in [0.05, 0.1) is 10.5 Å². The topological polar surface area (TPSA) is 102 Å². The molecular weight excluding hydrogens is 392 g/mol. The molecule has 0 heterocycles. The van der Waals surface area contributed by atoms with Gasteiger partial charge in [-0.05, 0) is 71.0 Å². The Kier molecular flexibility index (Phi) is 7.16. The van der Waals surface area contributed by atoms with Gasteiger partial charge >= 0.3 is 5.97 Å². The summed E-state index contributed by atoms with van der Waals surface area (Å²) >= 11 is 0. The van der Waals surface area contributed by atoms with Crippen LogP contribution in [0.15, 0.2) is 47.4 Å². The first-order valence-corrected chi connectivity index (χ1v) is 10.7. The molecule has 2 N–H and O–H groups in total. The average Bonchev–Trinajstić information content (AvgIpc) is 2.60. The molecule has 2 aromatic rings. The number of anilines is 1. The Hall–Kier alpha value is -2.71. The fraction of sp³-hybridized carbons (Fsp3) is 0.333. The summed E-state index contributed by atoms with van der Waals surface area (Å²) < 4.78 is 32.0. The predicted molar refractivity (Wildman–Crippen MR) is 111 cm³/mol. The summed E-state index contributed by atoms with van der Waals surface area (Å²) in [7, 11) is -3.61. The molecular formula is C21H26N2O5S. The zero-order valence-corrected chi connectivity index (χ0v) is 18.0. The molecule has 0 saturated carbocycles. The second-order valence-corrected chi connectivity index (χ2v) is 8.93. The summed E-state index contributed by atoms with van der Waals surface area (Å²) in [6.07, 6.45) is -1.02. The quantitative estimate of drug-likeness (QED) is 0.673. The van der Waals surface area contributed by atoms with Gasteiger partial charge in [0.1, 0.15) is 0 Å². The van der Waals surface area contributed by atoms with Crippen molar-refractivity contribution in [2.24, 2.45) is 0 Å². The van der Waals surface area contributed by atoms with Crippen molar-refractivity contribution in [2.45, 2.75) is 51.7 Å². The van der Waals surface area contributed by atoms with Crippen LogP contribution in [0.3, 0.4) is 0 Å². The maximum absolute atomic E-state index is 12.3. The molecule has 0 bridgehead atoms. The van der Waals surface area contributed by atoms with Gasteiger partial charge in [0.15, 0.2) is 6.10 Å². The third-order valence-corrected chi connectivity index (χ3v) is 5.61. The molecule has 0 aliphatic carbocycles. The second kappa shape index (κ2) is 9.19. The van der Waals surface area contributed by atoms with E-state index in [-0.39, 0.29) is 10.9 Å². The highest BCUT2D eigenvalue weighted by Gasteiger charge is 2.20. The van der Waals surface area contributed by atoms with Crippen molar-refractivity contribution in [1.82, 2.24) is 4.72 Å².